The van der Waals surface area contributed by atoms with Gasteiger partial charge >= 0.3 is 0 Å². The highest BCUT2D eigenvalue weighted by Crippen LogP contribution is 2.62. The van der Waals surface area contributed by atoms with Gasteiger partial charge in [-0.3, -0.25) is 19.3 Å². The summed E-state index contributed by atoms with van der Waals surface area (Å²) < 4.78 is 0. The maximum atomic E-state index is 13.5. The van der Waals surface area contributed by atoms with E-state index in [1.54, 1.807) is 18.2 Å². The molecule has 2 aliphatic heterocycles. The molecule has 1 aromatic carbocycles. The lowest BCUT2D eigenvalue weighted by molar-refractivity contribution is -0.121. The lowest BCUT2D eigenvalue weighted by Gasteiger charge is -2.55. The summed E-state index contributed by atoms with van der Waals surface area (Å²) in [5.74, 6) is 0.127. The Balaban J connectivity index is 1.32. The van der Waals surface area contributed by atoms with Crippen molar-refractivity contribution in [3.8, 4) is 5.75 Å². The number of nitrogens with two attached hydrogens (primary N) is 1. The normalized spacial score (nSPS) is 33.3. The molecule has 2 aromatic rings. The standard InChI is InChI=1S/C30H36N4O5/c1-16-4-7-20(35)10-22(16)29-11-19-15-33(14-17-5-6-17)25(19)30(29,39)12-18-9-21(27(37)32-23(18)13-29)28(38)34-8-2-3-24(34)26(31)36/h4,7,9-10,17,19,24-25,35,39H,2-3,5-6,8,11-15H2,1H3,(H2,31,36)(H,32,37)/t19?,24-,25+,29+,30?/m0/s1. The number of hydrogen-bond acceptors (Lipinski definition) is 6. The highest BCUT2D eigenvalue weighted by Gasteiger charge is 2.70. The number of fused-ring (bicyclic) bond motifs is 4. The van der Waals surface area contributed by atoms with Gasteiger partial charge < -0.3 is 25.8 Å². The van der Waals surface area contributed by atoms with Gasteiger partial charge in [-0.15, -0.1) is 0 Å². The fourth-order valence-electron chi connectivity index (χ4n) is 8.47. The zero-order valence-corrected chi connectivity index (χ0v) is 22.3. The maximum absolute atomic E-state index is 13.5. The summed E-state index contributed by atoms with van der Waals surface area (Å²) in [7, 11) is 0. The number of nitrogens with one attached hydrogen (secondary N) is 1. The zero-order valence-electron chi connectivity index (χ0n) is 22.3. The first-order valence-electron chi connectivity index (χ1n) is 14.2. The number of carbonyl (C=O) groups is 2. The molecule has 9 nitrogen and oxygen atoms in total. The Morgan fingerprint density at radius 1 is 1.18 bits per heavy atom. The number of H-pyrrole nitrogens is 1. The molecule has 2 saturated heterocycles. The van der Waals surface area contributed by atoms with E-state index < -0.39 is 34.4 Å². The van der Waals surface area contributed by atoms with Gasteiger partial charge in [0.1, 0.15) is 17.4 Å². The molecular weight excluding hydrogens is 496 g/mol. The summed E-state index contributed by atoms with van der Waals surface area (Å²) in [5, 5.41) is 23.3. The smallest absolute Gasteiger partial charge is 0.261 e. The molecular formula is C30H36N4O5. The summed E-state index contributed by atoms with van der Waals surface area (Å²) in [6, 6.07) is 6.27. The van der Waals surface area contributed by atoms with Crippen molar-refractivity contribution in [1.82, 2.24) is 14.8 Å². The fourth-order valence-corrected chi connectivity index (χ4v) is 8.47. The Bertz CT molecular complexity index is 1450. The average Bonchev–Trinajstić information content (AvgIpc) is 3.50. The average molecular weight is 533 g/mol. The Labute approximate surface area is 227 Å². The predicted molar refractivity (Wildman–Crippen MR) is 143 cm³/mol. The Morgan fingerprint density at radius 2 is 1.97 bits per heavy atom. The SMILES string of the molecule is Cc1ccc(O)cc1[C@@]12Cc3[nH]c(=O)c(C(=O)N4CCC[C@H]4C(N)=O)cc3CC1(O)[C@H]1C(CN1CC1CC1)C2. The molecule has 0 radical (unpaired) electrons. The van der Waals surface area contributed by atoms with E-state index >= 15 is 0 Å². The largest absolute Gasteiger partial charge is 0.508 e. The number of benzene rings is 1. The van der Waals surface area contributed by atoms with Crippen molar-refractivity contribution >= 4 is 11.8 Å². The first-order chi connectivity index (χ1) is 18.6. The third kappa shape index (κ3) is 3.55. The minimum absolute atomic E-state index is 0.00970. The van der Waals surface area contributed by atoms with E-state index in [9.17, 15) is 24.6 Å². The van der Waals surface area contributed by atoms with E-state index in [1.165, 1.54) is 17.7 Å². The van der Waals surface area contributed by atoms with Crippen LogP contribution in [-0.2, 0) is 23.1 Å². The number of aromatic amines is 1. The van der Waals surface area contributed by atoms with Crippen LogP contribution < -0.4 is 11.3 Å². The second kappa shape index (κ2) is 8.41. The molecule has 5 N–H and O–H groups in total. The number of carbonyl (C=O) groups excluding carboxylic acids is 2. The first-order valence-corrected chi connectivity index (χ1v) is 14.2. The molecule has 0 bridgehead atoms. The van der Waals surface area contributed by atoms with E-state index in [0.717, 1.165) is 41.9 Å². The van der Waals surface area contributed by atoms with Crippen molar-refractivity contribution in [2.75, 3.05) is 19.6 Å². The van der Waals surface area contributed by atoms with Gasteiger partial charge in [-0.1, -0.05) is 6.07 Å². The van der Waals surface area contributed by atoms with Crippen molar-refractivity contribution in [3.63, 3.8) is 0 Å². The lowest BCUT2D eigenvalue weighted by atomic mass is 9.59. The monoisotopic (exact) mass is 532 g/mol. The maximum Gasteiger partial charge on any atom is 0.261 e. The van der Waals surface area contributed by atoms with E-state index in [1.807, 2.05) is 13.0 Å². The number of hydrogen-bond donors (Lipinski definition) is 4. The second-order valence-electron chi connectivity index (χ2n) is 12.7. The minimum Gasteiger partial charge on any atom is -0.508 e. The van der Waals surface area contributed by atoms with E-state index in [2.05, 4.69) is 9.88 Å². The van der Waals surface area contributed by atoms with Crippen LogP contribution in [0.5, 0.6) is 5.75 Å². The number of phenolic OH excluding ortho intramolecular Hbond substituents is 1. The van der Waals surface area contributed by atoms with Gasteiger partial charge in [0, 0.05) is 49.6 Å². The first kappa shape index (κ1) is 24.8. The Morgan fingerprint density at radius 3 is 2.72 bits per heavy atom. The van der Waals surface area contributed by atoms with Crippen molar-refractivity contribution < 1.29 is 19.8 Å². The number of rotatable bonds is 5. The van der Waals surface area contributed by atoms with Gasteiger partial charge in [0.2, 0.25) is 5.91 Å². The summed E-state index contributed by atoms with van der Waals surface area (Å²) in [6.45, 7) is 4.33. The molecule has 5 atom stereocenters. The number of phenols is 1. The molecule has 5 aliphatic rings. The van der Waals surface area contributed by atoms with Crippen LogP contribution in [-0.4, -0.2) is 74.1 Å². The number of aromatic nitrogens is 1. The van der Waals surface area contributed by atoms with Crippen molar-refractivity contribution in [2.24, 2.45) is 17.6 Å². The van der Waals surface area contributed by atoms with Crippen molar-refractivity contribution in [3.05, 3.63) is 62.6 Å². The van der Waals surface area contributed by atoms with Crippen molar-refractivity contribution in [2.45, 2.75) is 75.0 Å². The number of likely N-dealkylation sites (tertiary alicyclic amines) is 2. The van der Waals surface area contributed by atoms with Gasteiger partial charge in [0.25, 0.3) is 11.5 Å². The van der Waals surface area contributed by atoms with E-state index in [0.29, 0.717) is 44.1 Å². The zero-order chi connectivity index (χ0) is 27.3. The van der Waals surface area contributed by atoms with Crippen LogP contribution in [0.1, 0.15) is 64.8 Å². The molecule has 39 heavy (non-hydrogen) atoms. The van der Waals surface area contributed by atoms with Crippen LogP contribution in [0.15, 0.2) is 29.1 Å². The molecule has 2 unspecified atom stereocenters. The van der Waals surface area contributed by atoms with Crippen LogP contribution >= 0.6 is 0 Å². The quantitative estimate of drug-likeness (QED) is 0.459. The molecule has 7 rings (SSSR count). The highest BCUT2D eigenvalue weighted by molar-refractivity contribution is 5.97. The number of primary amides is 1. The summed E-state index contributed by atoms with van der Waals surface area (Å²) in [5.41, 5.74) is 6.67. The molecule has 206 valence electrons. The Hall–Kier alpha value is -3.17. The number of amides is 2. The van der Waals surface area contributed by atoms with Gasteiger partial charge in [0.05, 0.1) is 5.60 Å². The predicted octanol–water partition coefficient (Wildman–Crippen LogP) is 1.36. The topological polar surface area (TPSA) is 140 Å². The summed E-state index contributed by atoms with van der Waals surface area (Å²) in [6.07, 6.45) is 5.13. The van der Waals surface area contributed by atoms with E-state index in [4.69, 9.17) is 5.73 Å². The summed E-state index contributed by atoms with van der Waals surface area (Å²) in [4.78, 5) is 45.5. The third-order valence-corrected chi connectivity index (χ3v) is 10.4. The molecule has 1 aromatic heterocycles. The van der Waals surface area contributed by atoms with Gasteiger partial charge in [-0.25, -0.2) is 0 Å². The number of pyridine rings is 1. The van der Waals surface area contributed by atoms with Gasteiger partial charge in [-0.05, 0) is 85.8 Å². The third-order valence-electron chi connectivity index (χ3n) is 10.4. The molecule has 3 heterocycles. The Kier molecular flexibility index (Phi) is 5.36. The van der Waals surface area contributed by atoms with Crippen LogP contribution in [0.25, 0.3) is 0 Å². The van der Waals surface area contributed by atoms with Crippen molar-refractivity contribution in [1.29, 1.82) is 0 Å². The number of nitrogens with zero attached hydrogens (tertiary/aromatic N) is 2. The van der Waals surface area contributed by atoms with Crippen LogP contribution in [0.3, 0.4) is 0 Å². The number of aliphatic hydroxyl groups is 1. The molecule has 4 fully saturated rings. The van der Waals surface area contributed by atoms with E-state index in [-0.39, 0.29) is 17.4 Å². The fraction of sp³-hybridized carbons (Fsp3) is 0.567. The second-order valence-corrected chi connectivity index (χ2v) is 12.7. The van der Waals surface area contributed by atoms with Crippen LogP contribution in [0.2, 0.25) is 0 Å². The minimum atomic E-state index is -1.13. The molecule has 9 heteroatoms. The molecule has 0 spiro atoms. The highest BCUT2D eigenvalue weighted by atomic mass is 16.3. The molecule has 2 amide bonds. The van der Waals surface area contributed by atoms with Gasteiger partial charge in [-0.2, -0.15) is 0 Å². The lowest BCUT2D eigenvalue weighted by Crippen LogP contribution is -2.68. The van der Waals surface area contributed by atoms with Crippen LogP contribution in [0.4, 0.5) is 0 Å². The number of aromatic hydroxyl groups is 1. The van der Waals surface area contributed by atoms with Gasteiger partial charge in [0.15, 0.2) is 0 Å². The number of aryl methyl sites for hydroxylation is 1. The van der Waals surface area contributed by atoms with Crippen LogP contribution in [0, 0.1) is 18.8 Å². The molecule has 3 aliphatic carbocycles. The molecule has 2 saturated carbocycles. The summed E-state index contributed by atoms with van der Waals surface area (Å²) >= 11 is 0.